The van der Waals surface area contributed by atoms with Gasteiger partial charge in [-0.1, -0.05) is 13.3 Å². The number of hydrogen-bond acceptors (Lipinski definition) is 9. The quantitative estimate of drug-likeness (QED) is 0.412. The van der Waals surface area contributed by atoms with Gasteiger partial charge in [0.15, 0.2) is 11.0 Å². The first kappa shape index (κ1) is 23.6. The minimum absolute atomic E-state index is 0.107. The van der Waals surface area contributed by atoms with Crippen LogP contribution in [0.25, 0.3) is 0 Å². The number of nitrogens with one attached hydrogen (secondary N) is 3. The van der Waals surface area contributed by atoms with Crippen molar-refractivity contribution in [3.63, 3.8) is 0 Å². The number of likely N-dealkylation sites (N-methyl/N-ethyl adjacent to an activating group) is 1. The highest BCUT2D eigenvalue weighted by Gasteiger charge is 2.29. The van der Waals surface area contributed by atoms with E-state index in [0.717, 1.165) is 68.1 Å². The zero-order valence-corrected chi connectivity index (χ0v) is 20.9. The predicted octanol–water partition coefficient (Wildman–Crippen LogP) is 3.54. The number of benzene rings is 1. The first-order chi connectivity index (χ1) is 17.1. The maximum Gasteiger partial charge on any atom is 0.234 e. The Morgan fingerprint density at radius 3 is 2.60 bits per heavy atom. The number of anilines is 4. The smallest absolute Gasteiger partial charge is 0.234 e. The van der Waals surface area contributed by atoms with Gasteiger partial charge in [0, 0.05) is 54.4 Å². The molecule has 1 aromatic carbocycles. The van der Waals surface area contributed by atoms with Gasteiger partial charge in [-0.05, 0) is 62.3 Å². The average molecular weight is 494 g/mol. The van der Waals surface area contributed by atoms with E-state index in [1.165, 1.54) is 11.8 Å². The molecule has 1 saturated heterocycles. The minimum Gasteiger partial charge on any atom is -0.338 e. The number of H-pyrrole nitrogens is 1. The molecule has 1 aliphatic carbocycles. The molecular formula is C24H31N9OS. The lowest BCUT2D eigenvalue weighted by Gasteiger charge is -2.32. The lowest BCUT2D eigenvalue weighted by molar-refractivity contribution is -0.117. The Balaban J connectivity index is 1.34. The van der Waals surface area contributed by atoms with Crippen molar-refractivity contribution in [1.82, 2.24) is 30.0 Å². The SMILES string of the molecule is CCCc1cc(Nc2nc(Sc3ccc(NC(=O)C4CC4)cc3)nc(N3CCN(C)CC3)n2)n[nH]1. The zero-order valence-electron chi connectivity index (χ0n) is 20.1. The van der Waals surface area contributed by atoms with E-state index in [2.05, 4.69) is 49.6 Å². The number of nitrogens with zero attached hydrogens (tertiary/aromatic N) is 6. The first-order valence-electron chi connectivity index (χ1n) is 12.2. The standard InChI is InChI=1S/C24H31N9OS/c1-3-4-18-15-20(31-30-18)26-22-27-23(33-13-11-32(2)12-14-33)29-24(28-22)35-19-9-7-17(8-10-19)25-21(34)16-5-6-16/h7-10,15-16H,3-6,11-14H2,1-2H3,(H,25,34)(H2,26,27,28,29,30,31). The number of carbonyl (C=O) groups excluding carboxylic acids is 1. The topological polar surface area (TPSA) is 115 Å². The molecule has 3 heterocycles. The van der Waals surface area contributed by atoms with Gasteiger partial charge in [0.25, 0.3) is 0 Å². The molecule has 3 aromatic rings. The minimum atomic E-state index is 0.107. The van der Waals surface area contributed by atoms with Gasteiger partial charge >= 0.3 is 0 Å². The van der Waals surface area contributed by atoms with Crippen molar-refractivity contribution < 1.29 is 4.79 Å². The van der Waals surface area contributed by atoms with Crippen molar-refractivity contribution in [3.8, 4) is 0 Å². The third-order valence-corrected chi connectivity index (χ3v) is 6.93. The van der Waals surface area contributed by atoms with Crippen molar-refractivity contribution in [3.05, 3.63) is 36.0 Å². The number of aromatic amines is 1. The molecule has 35 heavy (non-hydrogen) atoms. The molecule has 3 N–H and O–H groups in total. The Hall–Kier alpha value is -3.18. The molecule has 0 atom stereocenters. The van der Waals surface area contributed by atoms with Crippen LogP contribution < -0.4 is 15.5 Å². The third kappa shape index (κ3) is 6.29. The summed E-state index contributed by atoms with van der Waals surface area (Å²) in [5.41, 5.74) is 1.88. The second kappa shape index (κ2) is 10.6. The summed E-state index contributed by atoms with van der Waals surface area (Å²) in [6, 6.07) is 9.78. The molecular weight excluding hydrogens is 462 g/mol. The van der Waals surface area contributed by atoms with Gasteiger partial charge in [0.2, 0.25) is 17.8 Å². The van der Waals surface area contributed by atoms with Gasteiger partial charge in [-0.25, -0.2) is 0 Å². The number of rotatable bonds is 9. The predicted molar refractivity (Wildman–Crippen MR) is 137 cm³/mol. The van der Waals surface area contributed by atoms with Gasteiger partial charge in [0.05, 0.1) is 0 Å². The highest BCUT2D eigenvalue weighted by molar-refractivity contribution is 7.99. The Morgan fingerprint density at radius 2 is 1.89 bits per heavy atom. The fourth-order valence-electron chi connectivity index (χ4n) is 3.83. The summed E-state index contributed by atoms with van der Waals surface area (Å²) >= 11 is 1.47. The molecule has 0 unspecified atom stereocenters. The fraction of sp³-hybridized carbons (Fsp3) is 0.458. The number of amides is 1. The van der Waals surface area contributed by atoms with Gasteiger partial charge in [-0.15, -0.1) is 0 Å². The Kier molecular flexibility index (Phi) is 7.14. The molecule has 184 valence electrons. The third-order valence-electron chi connectivity index (χ3n) is 6.06. The lowest BCUT2D eigenvalue weighted by Crippen LogP contribution is -2.45. The Morgan fingerprint density at radius 1 is 1.11 bits per heavy atom. The summed E-state index contributed by atoms with van der Waals surface area (Å²) in [4.78, 5) is 31.6. The number of piperazine rings is 1. The molecule has 2 fully saturated rings. The number of aromatic nitrogens is 5. The first-order valence-corrected chi connectivity index (χ1v) is 13.0. The van der Waals surface area contributed by atoms with Crippen LogP contribution in [0.3, 0.4) is 0 Å². The molecule has 5 rings (SSSR count). The Bertz CT molecular complexity index is 1150. The van der Waals surface area contributed by atoms with Gasteiger partial charge < -0.3 is 20.4 Å². The second-order valence-electron chi connectivity index (χ2n) is 9.08. The maximum atomic E-state index is 12.0. The molecule has 10 nitrogen and oxygen atoms in total. The van der Waals surface area contributed by atoms with E-state index in [-0.39, 0.29) is 11.8 Å². The number of hydrogen-bond donors (Lipinski definition) is 3. The van der Waals surface area contributed by atoms with Crippen LogP contribution in [0.5, 0.6) is 0 Å². The molecule has 1 aliphatic heterocycles. The summed E-state index contributed by atoms with van der Waals surface area (Å²) in [6.45, 7) is 5.79. The largest absolute Gasteiger partial charge is 0.338 e. The van der Waals surface area contributed by atoms with E-state index >= 15 is 0 Å². The van der Waals surface area contributed by atoms with Crippen LogP contribution in [0, 0.1) is 5.92 Å². The van der Waals surface area contributed by atoms with Crippen LogP contribution in [0.15, 0.2) is 40.4 Å². The Labute approximate surface area is 209 Å². The van der Waals surface area contributed by atoms with E-state index < -0.39 is 0 Å². The van der Waals surface area contributed by atoms with Crippen LogP contribution in [0.4, 0.5) is 23.4 Å². The second-order valence-corrected chi connectivity index (χ2v) is 10.1. The summed E-state index contributed by atoms with van der Waals surface area (Å²) in [5.74, 6) is 2.11. The van der Waals surface area contributed by atoms with Crippen LogP contribution in [-0.4, -0.2) is 69.2 Å². The summed E-state index contributed by atoms with van der Waals surface area (Å²) in [7, 11) is 2.13. The normalized spacial score (nSPS) is 16.3. The van der Waals surface area contributed by atoms with Gasteiger partial charge in [-0.3, -0.25) is 9.89 Å². The van der Waals surface area contributed by atoms with Crippen LogP contribution in [0.1, 0.15) is 31.9 Å². The van der Waals surface area contributed by atoms with Gasteiger partial charge in [0.1, 0.15) is 0 Å². The molecule has 2 aliphatic rings. The summed E-state index contributed by atoms with van der Waals surface area (Å²) < 4.78 is 0. The molecule has 11 heteroatoms. The number of aryl methyl sites for hydroxylation is 1. The van der Waals surface area contributed by atoms with Crippen LogP contribution in [0.2, 0.25) is 0 Å². The van der Waals surface area contributed by atoms with E-state index in [0.29, 0.717) is 22.9 Å². The molecule has 0 spiro atoms. The van der Waals surface area contributed by atoms with E-state index in [9.17, 15) is 4.79 Å². The fourth-order valence-corrected chi connectivity index (χ4v) is 4.58. The zero-order chi connectivity index (χ0) is 24.2. The van der Waals surface area contributed by atoms with E-state index in [1.807, 2.05) is 30.3 Å². The molecule has 1 saturated carbocycles. The average Bonchev–Trinajstić information content (AvgIpc) is 3.62. The van der Waals surface area contributed by atoms with Crippen molar-refractivity contribution in [1.29, 1.82) is 0 Å². The molecule has 0 radical (unpaired) electrons. The molecule has 1 amide bonds. The van der Waals surface area contributed by atoms with Crippen molar-refractivity contribution in [2.45, 2.75) is 42.7 Å². The van der Waals surface area contributed by atoms with Crippen molar-refractivity contribution in [2.24, 2.45) is 5.92 Å². The maximum absolute atomic E-state index is 12.0. The summed E-state index contributed by atoms with van der Waals surface area (Å²) in [5, 5.41) is 14.2. The molecule has 2 aromatic heterocycles. The van der Waals surface area contributed by atoms with Gasteiger partial charge in [-0.2, -0.15) is 20.1 Å². The van der Waals surface area contributed by atoms with Crippen molar-refractivity contribution in [2.75, 3.05) is 48.8 Å². The lowest BCUT2D eigenvalue weighted by atomic mass is 10.2. The monoisotopic (exact) mass is 493 g/mol. The highest BCUT2D eigenvalue weighted by atomic mass is 32.2. The van der Waals surface area contributed by atoms with Crippen molar-refractivity contribution >= 4 is 41.1 Å². The van der Waals surface area contributed by atoms with Crippen LogP contribution in [-0.2, 0) is 11.2 Å². The van der Waals surface area contributed by atoms with Crippen LogP contribution >= 0.6 is 11.8 Å². The van der Waals surface area contributed by atoms with E-state index in [4.69, 9.17) is 9.97 Å². The summed E-state index contributed by atoms with van der Waals surface area (Å²) in [6.07, 6.45) is 3.97. The highest BCUT2D eigenvalue weighted by Crippen LogP contribution is 2.31. The molecule has 0 bridgehead atoms. The number of carbonyl (C=O) groups is 1. The van der Waals surface area contributed by atoms with E-state index in [1.54, 1.807) is 0 Å².